The van der Waals surface area contributed by atoms with Crippen LogP contribution < -0.4 is 10.1 Å². The molecule has 0 aliphatic carbocycles. The number of hydrogen-bond donors (Lipinski definition) is 1. The monoisotopic (exact) mass is 439 g/mol. The number of nitrogens with zero attached hydrogens (tertiary/aromatic N) is 2. The third kappa shape index (κ3) is 6.12. The van der Waals surface area contributed by atoms with Gasteiger partial charge < -0.3 is 15.0 Å². The van der Waals surface area contributed by atoms with Crippen molar-refractivity contribution in [2.45, 2.75) is 32.9 Å². The quantitative estimate of drug-likeness (QED) is 0.442. The molecule has 0 aromatic heterocycles. The van der Waals surface area contributed by atoms with E-state index in [0.29, 0.717) is 12.1 Å². The predicted molar refractivity (Wildman–Crippen MR) is 98.7 cm³/mol. The van der Waals surface area contributed by atoms with Crippen LogP contribution in [0.5, 0.6) is 5.75 Å². The van der Waals surface area contributed by atoms with Crippen LogP contribution in [0, 0.1) is 5.92 Å². The van der Waals surface area contributed by atoms with E-state index in [2.05, 4.69) is 26.9 Å². The fourth-order valence-corrected chi connectivity index (χ4v) is 2.59. The fraction of sp³-hybridized carbons (Fsp3) is 0.562. The predicted octanol–water partition coefficient (Wildman–Crippen LogP) is 3.71. The number of ether oxygens (including phenoxy) is 1. The Kier molecular flexibility index (Phi) is 8.57. The highest BCUT2D eigenvalue weighted by molar-refractivity contribution is 14.0. The summed E-state index contributed by atoms with van der Waals surface area (Å²) in [5, 5.41) is 3.23. The number of benzene rings is 1. The van der Waals surface area contributed by atoms with E-state index in [1.54, 1.807) is 31.3 Å². The van der Waals surface area contributed by atoms with Crippen LogP contribution in [0.2, 0.25) is 0 Å². The van der Waals surface area contributed by atoms with E-state index < -0.39 is 6.61 Å². The molecule has 1 aliphatic heterocycles. The molecular weight excluding hydrogens is 415 g/mol. The summed E-state index contributed by atoms with van der Waals surface area (Å²) in [6, 6.07) is 6.81. The lowest BCUT2D eigenvalue weighted by atomic mass is 9.99. The Balaban J connectivity index is 0.00000264. The maximum absolute atomic E-state index is 12.4. The van der Waals surface area contributed by atoms with E-state index in [1.807, 2.05) is 0 Å². The Morgan fingerprint density at radius 3 is 2.61 bits per heavy atom. The molecule has 130 valence electrons. The third-order valence-corrected chi connectivity index (χ3v) is 3.92. The molecule has 0 unspecified atom stereocenters. The molecule has 0 saturated carbocycles. The molecule has 1 aliphatic rings. The van der Waals surface area contributed by atoms with Crippen molar-refractivity contribution in [2.24, 2.45) is 10.9 Å². The Bertz CT molecular complexity index is 506. The normalized spacial score (nSPS) is 16.2. The molecular formula is C16H24F2IN3O. The summed E-state index contributed by atoms with van der Waals surface area (Å²) in [5.74, 6) is 1.75. The van der Waals surface area contributed by atoms with Gasteiger partial charge in [-0.3, -0.25) is 4.99 Å². The molecule has 1 aromatic rings. The summed E-state index contributed by atoms with van der Waals surface area (Å²) in [5.41, 5.74) is 0.689. The van der Waals surface area contributed by atoms with Crippen molar-refractivity contribution in [1.29, 1.82) is 0 Å². The van der Waals surface area contributed by atoms with Gasteiger partial charge in [-0.25, -0.2) is 0 Å². The van der Waals surface area contributed by atoms with Crippen LogP contribution in [-0.4, -0.2) is 37.6 Å². The average Bonchev–Trinajstić information content (AvgIpc) is 2.50. The largest absolute Gasteiger partial charge is 0.434 e. The number of para-hydroxylation sites is 1. The molecule has 0 amide bonds. The first-order valence-electron chi connectivity index (χ1n) is 7.58. The lowest BCUT2D eigenvalue weighted by Crippen LogP contribution is -2.45. The molecule has 7 heteroatoms. The molecule has 23 heavy (non-hydrogen) atoms. The number of aliphatic imine (C=N–C) groups is 1. The molecule has 0 bridgehead atoms. The molecule has 0 radical (unpaired) electrons. The van der Waals surface area contributed by atoms with E-state index in [9.17, 15) is 8.78 Å². The van der Waals surface area contributed by atoms with Crippen molar-refractivity contribution in [3.05, 3.63) is 29.8 Å². The standard InChI is InChI=1S/C16H23F2N3O.HI/c1-12-7-9-21(10-8-12)16(19-2)20-11-13-5-3-4-6-14(13)22-15(17)18;/h3-6,12,15H,7-11H2,1-2H3,(H,19,20);1H. The average molecular weight is 439 g/mol. The van der Waals surface area contributed by atoms with Crippen LogP contribution >= 0.6 is 24.0 Å². The fourth-order valence-electron chi connectivity index (χ4n) is 2.59. The number of guanidine groups is 1. The van der Waals surface area contributed by atoms with Crippen LogP contribution in [-0.2, 0) is 6.54 Å². The second kappa shape index (κ2) is 9.89. The van der Waals surface area contributed by atoms with Crippen molar-refractivity contribution in [2.75, 3.05) is 20.1 Å². The van der Waals surface area contributed by atoms with Gasteiger partial charge in [0.15, 0.2) is 5.96 Å². The summed E-state index contributed by atoms with van der Waals surface area (Å²) < 4.78 is 29.4. The highest BCUT2D eigenvalue weighted by Crippen LogP contribution is 2.20. The molecule has 1 saturated heterocycles. The van der Waals surface area contributed by atoms with Crippen LogP contribution in [0.1, 0.15) is 25.3 Å². The highest BCUT2D eigenvalue weighted by atomic mass is 127. The maximum Gasteiger partial charge on any atom is 0.387 e. The van der Waals surface area contributed by atoms with Gasteiger partial charge in [0.25, 0.3) is 0 Å². The summed E-state index contributed by atoms with van der Waals surface area (Å²) in [6.07, 6.45) is 2.29. The van der Waals surface area contributed by atoms with Gasteiger partial charge in [-0.15, -0.1) is 24.0 Å². The molecule has 1 fully saturated rings. The van der Waals surface area contributed by atoms with Crippen LogP contribution in [0.3, 0.4) is 0 Å². The zero-order valence-corrected chi connectivity index (χ0v) is 15.8. The second-order valence-electron chi connectivity index (χ2n) is 5.56. The van der Waals surface area contributed by atoms with Crippen molar-refractivity contribution < 1.29 is 13.5 Å². The number of hydrogen-bond acceptors (Lipinski definition) is 2. The molecule has 1 heterocycles. The maximum atomic E-state index is 12.4. The van der Waals surface area contributed by atoms with E-state index in [-0.39, 0.29) is 29.7 Å². The molecule has 0 atom stereocenters. The van der Waals surface area contributed by atoms with Crippen LogP contribution in [0.15, 0.2) is 29.3 Å². The van der Waals surface area contributed by atoms with Crippen molar-refractivity contribution in [1.82, 2.24) is 10.2 Å². The Hall–Kier alpha value is -1.12. The Morgan fingerprint density at radius 1 is 1.35 bits per heavy atom. The van der Waals surface area contributed by atoms with Gasteiger partial charge in [0.1, 0.15) is 5.75 Å². The number of halogens is 3. The zero-order valence-electron chi connectivity index (χ0n) is 13.5. The van der Waals surface area contributed by atoms with Crippen LogP contribution in [0.25, 0.3) is 0 Å². The minimum absolute atomic E-state index is 0. The molecule has 2 rings (SSSR count). The number of likely N-dealkylation sites (tertiary alicyclic amines) is 1. The van der Waals surface area contributed by atoms with Gasteiger partial charge in [-0.2, -0.15) is 8.78 Å². The summed E-state index contributed by atoms with van der Waals surface area (Å²) >= 11 is 0. The smallest absolute Gasteiger partial charge is 0.387 e. The lowest BCUT2D eigenvalue weighted by Gasteiger charge is -2.33. The van der Waals surface area contributed by atoms with Gasteiger partial charge >= 0.3 is 6.61 Å². The van der Waals surface area contributed by atoms with Gasteiger partial charge in [0.2, 0.25) is 0 Å². The van der Waals surface area contributed by atoms with E-state index >= 15 is 0 Å². The molecule has 1 aromatic carbocycles. The SMILES string of the molecule is CN=C(NCc1ccccc1OC(F)F)N1CCC(C)CC1.I. The van der Waals surface area contributed by atoms with E-state index in [0.717, 1.165) is 37.8 Å². The lowest BCUT2D eigenvalue weighted by molar-refractivity contribution is -0.0504. The molecule has 4 nitrogen and oxygen atoms in total. The van der Waals surface area contributed by atoms with Gasteiger partial charge in [-0.1, -0.05) is 25.1 Å². The second-order valence-corrected chi connectivity index (χ2v) is 5.56. The number of piperidine rings is 1. The van der Waals surface area contributed by atoms with Gasteiger partial charge in [0.05, 0.1) is 0 Å². The minimum atomic E-state index is -2.82. The van der Waals surface area contributed by atoms with E-state index in [4.69, 9.17) is 0 Å². The minimum Gasteiger partial charge on any atom is -0.434 e. The van der Waals surface area contributed by atoms with Crippen molar-refractivity contribution in [3.8, 4) is 5.75 Å². The molecule has 1 N–H and O–H groups in total. The summed E-state index contributed by atoms with van der Waals surface area (Å²) in [4.78, 5) is 6.49. The van der Waals surface area contributed by atoms with Gasteiger partial charge in [-0.05, 0) is 24.8 Å². The first-order valence-corrected chi connectivity index (χ1v) is 7.58. The number of nitrogens with one attached hydrogen (secondary N) is 1. The number of rotatable bonds is 4. The Labute approximate surface area is 153 Å². The number of alkyl halides is 2. The van der Waals surface area contributed by atoms with Crippen molar-refractivity contribution in [3.63, 3.8) is 0 Å². The van der Waals surface area contributed by atoms with Crippen molar-refractivity contribution >= 4 is 29.9 Å². The van der Waals surface area contributed by atoms with E-state index in [1.165, 1.54) is 0 Å². The molecule has 0 spiro atoms. The third-order valence-electron chi connectivity index (χ3n) is 3.92. The summed E-state index contributed by atoms with van der Waals surface area (Å²) in [7, 11) is 1.74. The zero-order chi connectivity index (χ0) is 15.9. The summed E-state index contributed by atoms with van der Waals surface area (Å²) in [6.45, 7) is 1.78. The van der Waals surface area contributed by atoms with Crippen LogP contribution in [0.4, 0.5) is 8.78 Å². The topological polar surface area (TPSA) is 36.9 Å². The van der Waals surface area contributed by atoms with Gasteiger partial charge in [0, 0.05) is 32.2 Å². The Morgan fingerprint density at radius 2 is 2.00 bits per heavy atom. The first-order chi connectivity index (χ1) is 10.6. The highest BCUT2D eigenvalue weighted by Gasteiger charge is 2.18. The first kappa shape index (κ1) is 19.9.